The second-order valence-corrected chi connectivity index (χ2v) is 7.01. The van der Waals surface area contributed by atoms with E-state index in [9.17, 15) is 8.42 Å². The van der Waals surface area contributed by atoms with Crippen LogP contribution >= 0.6 is 0 Å². The fourth-order valence-corrected chi connectivity index (χ4v) is 3.53. The minimum atomic E-state index is -3.57. The largest absolute Gasteiger partial charge is 0.493 e. The van der Waals surface area contributed by atoms with Crippen LogP contribution in [0.15, 0.2) is 18.2 Å². The molecular weight excluding hydrogens is 288 g/mol. The summed E-state index contributed by atoms with van der Waals surface area (Å²) in [5.41, 5.74) is 0.911. The van der Waals surface area contributed by atoms with Gasteiger partial charge in [-0.2, -0.15) is 5.26 Å². The zero-order valence-electron chi connectivity index (χ0n) is 12.7. The molecule has 0 fully saturated rings. The number of sulfonamides is 1. The maximum Gasteiger partial charge on any atom is 0.209 e. The van der Waals surface area contributed by atoms with Crippen molar-refractivity contribution in [2.75, 3.05) is 12.4 Å². The normalized spacial score (nSPS) is 12.0. The minimum absolute atomic E-state index is 0.107. The SMILES string of the molecule is CCC(CC)(COc1cc(C#N)ccc1C)CS(N)(=O)=O. The van der Waals surface area contributed by atoms with Crippen molar-refractivity contribution in [1.29, 1.82) is 5.26 Å². The van der Waals surface area contributed by atoms with Gasteiger partial charge in [0.25, 0.3) is 0 Å². The molecule has 5 nitrogen and oxygen atoms in total. The molecule has 0 saturated heterocycles. The highest BCUT2D eigenvalue weighted by molar-refractivity contribution is 7.89. The first-order chi connectivity index (χ1) is 9.75. The molecule has 0 spiro atoms. The third-order valence-electron chi connectivity index (χ3n) is 3.86. The monoisotopic (exact) mass is 310 g/mol. The number of hydrogen-bond acceptors (Lipinski definition) is 4. The predicted octanol–water partition coefficient (Wildman–Crippen LogP) is 2.34. The van der Waals surface area contributed by atoms with Crippen LogP contribution in [0, 0.1) is 23.7 Å². The highest BCUT2D eigenvalue weighted by Gasteiger charge is 2.32. The highest BCUT2D eigenvalue weighted by atomic mass is 32.2. The van der Waals surface area contributed by atoms with Crippen molar-refractivity contribution in [2.24, 2.45) is 10.6 Å². The van der Waals surface area contributed by atoms with Gasteiger partial charge in [0.15, 0.2) is 0 Å². The number of nitrogens with zero attached hydrogens (tertiary/aromatic N) is 1. The van der Waals surface area contributed by atoms with Gasteiger partial charge >= 0.3 is 0 Å². The van der Waals surface area contributed by atoms with Gasteiger partial charge in [-0.1, -0.05) is 19.9 Å². The number of nitrogens with two attached hydrogens (primary N) is 1. The number of hydrogen-bond donors (Lipinski definition) is 1. The van der Waals surface area contributed by atoms with Crippen LogP contribution in [-0.4, -0.2) is 20.8 Å². The van der Waals surface area contributed by atoms with E-state index < -0.39 is 15.4 Å². The van der Waals surface area contributed by atoms with Crippen LogP contribution in [0.2, 0.25) is 0 Å². The summed E-state index contributed by atoms with van der Waals surface area (Å²) in [6.45, 7) is 6.00. The molecule has 21 heavy (non-hydrogen) atoms. The lowest BCUT2D eigenvalue weighted by atomic mass is 9.85. The number of primary sulfonamides is 1. The van der Waals surface area contributed by atoms with Gasteiger partial charge in [0, 0.05) is 5.41 Å². The summed E-state index contributed by atoms with van der Waals surface area (Å²) >= 11 is 0. The van der Waals surface area contributed by atoms with Gasteiger partial charge in [0.05, 0.1) is 24.0 Å². The van der Waals surface area contributed by atoms with E-state index in [1.807, 2.05) is 26.8 Å². The predicted molar refractivity (Wildman–Crippen MR) is 82.4 cm³/mol. The maximum absolute atomic E-state index is 11.4. The molecule has 0 heterocycles. The van der Waals surface area contributed by atoms with E-state index in [2.05, 4.69) is 6.07 Å². The summed E-state index contributed by atoms with van der Waals surface area (Å²) in [5.74, 6) is 0.499. The van der Waals surface area contributed by atoms with Gasteiger partial charge in [0.1, 0.15) is 5.75 Å². The Hall–Kier alpha value is -1.58. The van der Waals surface area contributed by atoms with Crippen LogP contribution < -0.4 is 9.88 Å². The lowest BCUT2D eigenvalue weighted by Gasteiger charge is -2.30. The molecule has 0 unspecified atom stereocenters. The summed E-state index contributed by atoms with van der Waals surface area (Å²) in [7, 11) is -3.57. The first kappa shape index (κ1) is 17.5. The average Bonchev–Trinajstić information content (AvgIpc) is 2.43. The number of benzene rings is 1. The molecule has 6 heteroatoms. The third kappa shape index (κ3) is 5.03. The molecule has 0 aliphatic heterocycles. The number of aryl methyl sites for hydroxylation is 1. The number of nitriles is 1. The summed E-state index contributed by atoms with van der Waals surface area (Å²) in [6, 6.07) is 7.27. The Labute approximate surface area is 126 Å². The van der Waals surface area contributed by atoms with E-state index >= 15 is 0 Å². The van der Waals surface area contributed by atoms with Crippen LogP contribution in [0.3, 0.4) is 0 Å². The Kier molecular flexibility index (Phi) is 5.76. The van der Waals surface area contributed by atoms with E-state index in [-0.39, 0.29) is 12.4 Å². The molecule has 0 radical (unpaired) electrons. The van der Waals surface area contributed by atoms with Crippen molar-refractivity contribution in [1.82, 2.24) is 0 Å². The fourth-order valence-electron chi connectivity index (χ4n) is 2.18. The highest BCUT2D eigenvalue weighted by Crippen LogP contribution is 2.30. The number of ether oxygens (including phenoxy) is 1. The summed E-state index contributed by atoms with van der Waals surface area (Å²) < 4.78 is 28.6. The van der Waals surface area contributed by atoms with E-state index in [0.717, 1.165) is 5.56 Å². The second kappa shape index (κ2) is 6.92. The topological polar surface area (TPSA) is 93.2 Å². The van der Waals surface area contributed by atoms with Crippen LogP contribution in [0.25, 0.3) is 0 Å². The van der Waals surface area contributed by atoms with E-state index in [1.165, 1.54) is 0 Å². The first-order valence-electron chi connectivity index (χ1n) is 6.89. The first-order valence-corrected chi connectivity index (χ1v) is 8.61. The Morgan fingerprint density at radius 1 is 1.33 bits per heavy atom. The summed E-state index contributed by atoms with van der Waals surface area (Å²) in [5, 5.41) is 14.1. The fraction of sp³-hybridized carbons (Fsp3) is 0.533. The van der Waals surface area contributed by atoms with Crippen molar-refractivity contribution < 1.29 is 13.2 Å². The molecule has 0 aromatic heterocycles. The van der Waals surface area contributed by atoms with Crippen molar-refractivity contribution in [3.63, 3.8) is 0 Å². The zero-order valence-corrected chi connectivity index (χ0v) is 13.5. The molecule has 0 atom stereocenters. The minimum Gasteiger partial charge on any atom is -0.493 e. The van der Waals surface area contributed by atoms with Crippen LogP contribution in [0.5, 0.6) is 5.75 Å². The van der Waals surface area contributed by atoms with Gasteiger partial charge in [-0.3, -0.25) is 0 Å². The molecule has 0 aliphatic rings. The van der Waals surface area contributed by atoms with E-state index in [0.29, 0.717) is 24.2 Å². The lowest BCUT2D eigenvalue weighted by Crippen LogP contribution is -2.37. The van der Waals surface area contributed by atoms with Gasteiger partial charge in [-0.05, 0) is 37.5 Å². The molecule has 0 saturated carbocycles. The van der Waals surface area contributed by atoms with Gasteiger partial charge < -0.3 is 4.74 Å². The molecule has 0 amide bonds. The quantitative estimate of drug-likeness (QED) is 0.836. The Morgan fingerprint density at radius 2 is 1.95 bits per heavy atom. The smallest absolute Gasteiger partial charge is 0.209 e. The van der Waals surface area contributed by atoms with Crippen molar-refractivity contribution in [3.05, 3.63) is 29.3 Å². The number of rotatable bonds is 7. The maximum atomic E-state index is 11.4. The Morgan fingerprint density at radius 3 is 2.43 bits per heavy atom. The Bertz CT molecular complexity index is 629. The van der Waals surface area contributed by atoms with Crippen LogP contribution in [0.1, 0.15) is 37.8 Å². The van der Waals surface area contributed by atoms with E-state index in [4.69, 9.17) is 15.1 Å². The van der Waals surface area contributed by atoms with Crippen molar-refractivity contribution in [3.8, 4) is 11.8 Å². The molecule has 1 aromatic rings. The van der Waals surface area contributed by atoms with E-state index in [1.54, 1.807) is 12.1 Å². The van der Waals surface area contributed by atoms with Crippen LogP contribution in [0.4, 0.5) is 0 Å². The van der Waals surface area contributed by atoms with Gasteiger partial charge in [-0.25, -0.2) is 13.6 Å². The van der Waals surface area contributed by atoms with Gasteiger partial charge in [-0.15, -0.1) is 0 Å². The average molecular weight is 310 g/mol. The Balaban J connectivity index is 2.95. The van der Waals surface area contributed by atoms with Crippen molar-refractivity contribution >= 4 is 10.0 Å². The lowest BCUT2D eigenvalue weighted by molar-refractivity contribution is 0.153. The molecule has 2 N–H and O–H groups in total. The molecule has 116 valence electrons. The summed E-state index contributed by atoms with van der Waals surface area (Å²) in [4.78, 5) is 0. The molecule has 1 rings (SSSR count). The van der Waals surface area contributed by atoms with Crippen LogP contribution in [-0.2, 0) is 10.0 Å². The molecular formula is C15H22N2O3S. The standard InChI is InChI=1S/C15H22N2O3S/c1-4-15(5-2,11-21(17,18)19)10-20-14-8-13(9-16)7-6-12(14)3/h6-8H,4-5,10-11H2,1-3H3,(H2,17,18,19). The van der Waals surface area contributed by atoms with Crippen molar-refractivity contribution in [2.45, 2.75) is 33.6 Å². The second-order valence-electron chi connectivity index (χ2n) is 5.40. The van der Waals surface area contributed by atoms with Gasteiger partial charge in [0.2, 0.25) is 10.0 Å². The molecule has 0 aliphatic carbocycles. The third-order valence-corrected chi connectivity index (χ3v) is 4.87. The zero-order chi connectivity index (χ0) is 16.1. The summed E-state index contributed by atoms with van der Waals surface area (Å²) in [6.07, 6.45) is 1.30. The molecule has 1 aromatic carbocycles. The molecule has 0 bridgehead atoms.